The van der Waals surface area contributed by atoms with Gasteiger partial charge in [-0.2, -0.15) is 0 Å². The normalized spacial score (nSPS) is 24.9. The van der Waals surface area contributed by atoms with Crippen molar-refractivity contribution >= 4 is 9.84 Å². The molecule has 122 valence electrons. The van der Waals surface area contributed by atoms with Gasteiger partial charge >= 0.3 is 0 Å². The molecule has 0 aromatic carbocycles. The molecular formula is C16H24N2O3S. The summed E-state index contributed by atoms with van der Waals surface area (Å²) in [5, 5.41) is 0. The molecule has 5 nitrogen and oxygen atoms in total. The summed E-state index contributed by atoms with van der Waals surface area (Å²) >= 11 is 0. The number of sulfone groups is 1. The van der Waals surface area contributed by atoms with E-state index in [0.717, 1.165) is 51.1 Å². The van der Waals surface area contributed by atoms with Gasteiger partial charge in [0.1, 0.15) is 21.7 Å². The Bertz CT molecular complexity index is 599. The maximum Gasteiger partial charge on any atom is 0.148 e. The summed E-state index contributed by atoms with van der Waals surface area (Å²) in [5.74, 6) is 1.13. The Morgan fingerprint density at radius 3 is 2.86 bits per heavy atom. The van der Waals surface area contributed by atoms with Gasteiger partial charge in [0.2, 0.25) is 0 Å². The number of aromatic nitrogens is 1. The molecule has 1 atom stereocenters. The van der Waals surface area contributed by atoms with Gasteiger partial charge in [-0.3, -0.25) is 9.88 Å². The molecule has 3 rings (SSSR count). The highest BCUT2D eigenvalue weighted by Crippen LogP contribution is 2.43. The smallest absolute Gasteiger partial charge is 0.148 e. The first-order valence-corrected chi connectivity index (χ1v) is 9.97. The van der Waals surface area contributed by atoms with Crippen LogP contribution in [0.1, 0.15) is 25.7 Å². The summed E-state index contributed by atoms with van der Waals surface area (Å²) in [5.41, 5.74) is -0.0171. The quantitative estimate of drug-likeness (QED) is 0.798. The van der Waals surface area contributed by atoms with Crippen molar-refractivity contribution < 1.29 is 13.2 Å². The zero-order chi connectivity index (χ0) is 15.6. The van der Waals surface area contributed by atoms with Crippen LogP contribution in [0.2, 0.25) is 0 Å². The molecule has 0 amide bonds. The number of likely N-dealkylation sites (tertiary alicyclic amines) is 1. The molecule has 1 aliphatic heterocycles. The first kappa shape index (κ1) is 15.7. The Kier molecular flexibility index (Phi) is 4.41. The minimum atomic E-state index is -2.91. The third-order valence-corrected chi connectivity index (χ3v) is 5.84. The van der Waals surface area contributed by atoms with Gasteiger partial charge in [-0.05, 0) is 36.8 Å². The van der Waals surface area contributed by atoms with Crippen molar-refractivity contribution in [2.45, 2.75) is 31.8 Å². The van der Waals surface area contributed by atoms with E-state index in [0.29, 0.717) is 5.75 Å². The second-order valence-electron chi connectivity index (χ2n) is 6.88. The minimum Gasteiger partial charge on any atom is -0.487 e. The van der Waals surface area contributed by atoms with Gasteiger partial charge in [0.25, 0.3) is 0 Å². The van der Waals surface area contributed by atoms with E-state index in [-0.39, 0.29) is 11.5 Å². The number of nitrogens with zero attached hydrogens (tertiary/aromatic N) is 2. The third-order valence-electron chi connectivity index (χ3n) is 4.71. The fourth-order valence-corrected chi connectivity index (χ4v) is 5.19. The third kappa shape index (κ3) is 3.98. The summed E-state index contributed by atoms with van der Waals surface area (Å²) in [7, 11) is -2.91. The number of ether oxygens (including phenoxy) is 1. The summed E-state index contributed by atoms with van der Waals surface area (Å²) in [6.45, 7) is 2.74. The molecule has 1 aromatic heterocycles. The topological polar surface area (TPSA) is 59.5 Å². The van der Waals surface area contributed by atoms with E-state index in [9.17, 15) is 8.42 Å². The molecule has 0 N–H and O–H groups in total. The van der Waals surface area contributed by atoms with Gasteiger partial charge < -0.3 is 4.74 Å². The predicted molar refractivity (Wildman–Crippen MR) is 85.7 cm³/mol. The first-order valence-electron chi connectivity index (χ1n) is 7.91. The maximum absolute atomic E-state index is 11.7. The van der Waals surface area contributed by atoms with E-state index < -0.39 is 9.84 Å². The van der Waals surface area contributed by atoms with Gasteiger partial charge in [0.15, 0.2) is 0 Å². The van der Waals surface area contributed by atoms with Crippen molar-refractivity contribution in [3.63, 3.8) is 0 Å². The van der Waals surface area contributed by atoms with E-state index >= 15 is 0 Å². The molecule has 1 aliphatic carbocycles. The Hall–Kier alpha value is -1.14. The van der Waals surface area contributed by atoms with Gasteiger partial charge in [-0.15, -0.1) is 0 Å². The van der Waals surface area contributed by atoms with E-state index in [1.54, 1.807) is 12.4 Å². The largest absolute Gasteiger partial charge is 0.487 e. The molecular weight excluding hydrogens is 300 g/mol. The number of pyridine rings is 1. The number of hydrogen-bond donors (Lipinski definition) is 0. The highest BCUT2D eigenvalue weighted by atomic mass is 32.2. The summed E-state index contributed by atoms with van der Waals surface area (Å²) in [6.07, 6.45) is 9.21. The van der Waals surface area contributed by atoms with Crippen LogP contribution >= 0.6 is 0 Å². The first-order chi connectivity index (χ1) is 10.4. The lowest BCUT2D eigenvalue weighted by molar-refractivity contribution is 0.0938. The molecule has 0 spiro atoms. The predicted octanol–water partition coefficient (Wildman–Crippen LogP) is 1.75. The molecule has 0 unspecified atom stereocenters. The molecule has 22 heavy (non-hydrogen) atoms. The van der Waals surface area contributed by atoms with Gasteiger partial charge in [-0.25, -0.2) is 8.42 Å². The van der Waals surface area contributed by atoms with Crippen LogP contribution in [-0.4, -0.2) is 56.0 Å². The Morgan fingerprint density at radius 2 is 2.27 bits per heavy atom. The average Bonchev–Trinajstić information content (AvgIpc) is 2.83. The van der Waals surface area contributed by atoms with Crippen molar-refractivity contribution in [3.05, 3.63) is 24.5 Å². The lowest BCUT2D eigenvalue weighted by Gasteiger charge is -2.43. The van der Waals surface area contributed by atoms with Crippen molar-refractivity contribution in [1.82, 2.24) is 9.88 Å². The van der Waals surface area contributed by atoms with Crippen LogP contribution in [0.3, 0.4) is 0 Å². The van der Waals surface area contributed by atoms with Gasteiger partial charge in [-0.1, -0.05) is 6.42 Å². The second kappa shape index (κ2) is 6.16. The lowest BCUT2D eigenvalue weighted by atomic mass is 9.70. The van der Waals surface area contributed by atoms with Gasteiger partial charge in [0, 0.05) is 32.1 Å². The van der Waals surface area contributed by atoms with Crippen molar-refractivity contribution in [1.29, 1.82) is 0 Å². The van der Waals surface area contributed by atoms with Gasteiger partial charge in [0.05, 0.1) is 11.9 Å². The molecule has 0 bridgehead atoms. The average molecular weight is 324 g/mol. The monoisotopic (exact) mass is 324 g/mol. The summed E-state index contributed by atoms with van der Waals surface area (Å²) in [6, 6.07) is 3.80. The van der Waals surface area contributed by atoms with Crippen LogP contribution in [0.5, 0.6) is 5.75 Å². The van der Waals surface area contributed by atoms with E-state index in [4.69, 9.17) is 4.74 Å². The van der Waals surface area contributed by atoms with E-state index in [1.165, 1.54) is 6.26 Å². The second-order valence-corrected chi connectivity index (χ2v) is 9.02. The van der Waals surface area contributed by atoms with Crippen LogP contribution in [-0.2, 0) is 9.84 Å². The minimum absolute atomic E-state index is 0.0171. The SMILES string of the molecule is CS(=O)(=O)CC1(CN2CC[C@@H](Oc3cccnc3)C2)CCC1. The fraction of sp³-hybridized carbons (Fsp3) is 0.688. The van der Waals surface area contributed by atoms with Crippen LogP contribution in [0.4, 0.5) is 0 Å². The van der Waals surface area contributed by atoms with Crippen molar-refractivity contribution in [2.75, 3.05) is 31.6 Å². The zero-order valence-corrected chi connectivity index (χ0v) is 13.9. The molecule has 2 fully saturated rings. The number of hydrogen-bond acceptors (Lipinski definition) is 5. The standard InChI is InChI=1S/C16H24N2O3S/c1-22(19,20)13-16(6-3-7-16)12-18-9-5-15(11-18)21-14-4-2-8-17-10-14/h2,4,8,10,15H,3,5-7,9,11-13H2,1H3/t15-/m1/s1. The van der Waals surface area contributed by atoms with Crippen LogP contribution in [0, 0.1) is 5.41 Å². The van der Waals surface area contributed by atoms with E-state index in [2.05, 4.69) is 9.88 Å². The Balaban J connectivity index is 1.54. The molecule has 1 aromatic rings. The Morgan fingerprint density at radius 1 is 1.45 bits per heavy atom. The Labute approximate surface area is 132 Å². The molecule has 6 heteroatoms. The molecule has 2 aliphatic rings. The molecule has 0 radical (unpaired) electrons. The van der Waals surface area contributed by atoms with Crippen LogP contribution < -0.4 is 4.74 Å². The molecule has 2 heterocycles. The summed E-state index contributed by atoms with van der Waals surface area (Å²) < 4.78 is 29.3. The summed E-state index contributed by atoms with van der Waals surface area (Å²) in [4.78, 5) is 6.43. The van der Waals surface area contributed by atoms with Crippen molar-refractivity contribution in [3.8, 4) is 5.75 Å². The molecule has 1 saturated carbocycles. The fourth-order valence-electron chi connectivity index (χ4n) is 3.70. The van der Waals surface area contributed by atoms with Crippen LogP contribution in [0.15, 0.2) is 24.5 Å². The highest BCUT2D eigenvalue weighted by molar-refractivity contribution is 7.90. The van der Waals surface area contributed by atoms with Crippen molar-refractivity contribution in [2.24, 2.45) is 5.41 Å². The zero-order valence-electron chi connectivity index (χ0n) is 13.1. The lowest BCUT2D eigenvalue weighted by Crippen LogP contribution is -2.46. The van der Waals surface area contributed by atoms with E-state index in [1.807, 2.05) is 12.1 Å². The van der Waals surface area contributed by atoms with Crippen LogP contribution in [0.25, 0.3) is 0 Å². The highest BCUT2D eigenvalue weighted by Gasteiger charge is 2.42. The maximum atomic E-state index is 11.7. The molecule has 1 saturated heterocycles. The number of rotatable bonds is 6.